The van der Waals surface area contributed by atoms with Crippen LogP contribution in [0.15, 0.2) is 12.4 Å². The number of hydrogen-bond donors (Lipinski definition) is 2. The topological polar surface area (TPSA) is 80.5 Å². The highest BCUT2D eigenvalue weighted by Gasteiger charge is 2.14. The van der Waals surface area contributed by atoms with Crippen LogP contribution in [0.2, 0.25) is 0 Å². The van der Waals surface area contributed by atoms with Crippen molar-refractivity contribution in [3.8, 4) is 0 Å². The summed E-state index contributed by atoms with van der Waals surface area (Å²) in [6.45, 7) is 9.08. The Labute approximate surface area is 125 Å². The Morgan fingerprint density at radius 1 is 1.19 bits per heavy atom. The van der Waals surface area contributed by atoms with Crippen LogP contribution in [-0.4, -0.2) is 31.3 Å². The van der Waals surface area contributed by atoms with E-state index in [9.17, 15) is 0 Å². The molecule has 114 valence electrons. The lowest BCUT2D eigenvalue weighted by atomic mass is 10.2. The highest BCUT2D eigenvalue weighted by atomic mass is 15.3. The SMILES string of the molecule is CCNc1cc(NC(C)c2nncn2C)nc(C(C)C)n1. The Bertz CT molecular complexity index is 591. The molecule has 0 saturated carbocycles. The fourth-order valence-electron chi connectivity index (χ4n) is 2.04. The number of nitrogens with one attached hydrogen (secondary N) is 2. The molecule has 0 saturated heterocycles. The fraction of sp³-hybridized carbons (Fsp3) is 0.571. The quantitative estimate of drug-likeness (QED) is 0.849. The molecule has 7 nitrogen and oxygen atoms in total. The Morgan fingerprint density at radius 3 is 2.48 bits per heavy atom. The molecule has 0 bridgehead atoms. The van der Waals surface area contributed by atoms with Crippen LogP contribution in [0, 0.1) is 0 Å². The van der Waals surface area contributed by atoms with Gasteiger partial charge in [-0.25, -0.2) is 9.97 Å². The zero-order valence-corrected chi connectivity index (χ0v) is 13.3. The van der Waals surface area contributed by atoms with E-state index in [2.05, 4.69) is 44.6 Å². The summed E-state index contributed by atoms with van der Waals surface area (Å²) >= 11 is 0. The summed E-state index contributed by atoms with van der Waals surface area (Å²) in [5.41, 5.74) is 0. The summed E-state index contributed by atoms with van der Waals surface area (Å²) < 4.78 is 1.90. The van der Waals surface area contributed by atoms with Gasteiger partial charge in [-0.1, -0.05) is 13.8 Å². The van der Waals surface area contributed by atoms with Gasteiger partial charge in [0, 0.05) is 25.6 Å². The maximum atomic E-state index is 4.58. The number of nitrogens with zero attached hydrogens (tertiary/aromatic N) is 5. The van der Waals surface area contributed by atoms with Gasteiger partial charge in [0.15, 0.2) is 5.82 Å². The van der Waals surface area contributed by atoms with Crippen molar-refractivity contribution in [1.82, 2.24) is 24.7 Å². The Kier molecular flexibility index (Phi) is 4.72. The first-order valence-electron chi connectivity index (χ1n) is 7.24. The van der Waals surface area contributed by atoms with Gasteiger partial charge in [-0.3, -0.25) is 0 Å². The Balaban J connectivity index is 2.24. The molecule has 0 fully saturated rings. The summed E-state index contributed by atoms with van der Waals surface area (Å²) in [7, 11) is 1.93. The maximum Gasteiger partial charge on any atom is 0.154 e. The van der Waals surface area contributed by atoms with Crippen molar-refractivity contribution in [1.29, 1.82) is 0 Å². The van der Waals surface area contributed by atoms with Crippen LogP contribution < -0.4 is 10.6 Å². The van der Waals surface area contributed by atoms with Crippen molar-refractivity contribution >= 4 is 11.6 Å². The number of rotatable bonds is 6. The van der Waals surface area contributed by atoms with E-state index in [0.717, 1.165) is 29.8 Å². The van der Waals surface area contributed by atoms with Crippen LogP contribution in [-0.2, 0) is 7.05 Å². The van der Waals surface area contributed by atoms with E-state index in [1.165, 1.54) is 0 Å². The van der Waals surface area contributed by atoms with Crippen LogP contribution >= 0.6 is 0 Å². The predicted molar refractivity (Wildman–Crippen MR) is 83.3 cm³/mol. The molecule has 1 unspecified atom stereocenters. The molecule has 0 aromatic carbocycles. The molecule has 0 aliphatic heterocycles. The third kappa shape index (κ3) is 3.68. The lowest BCUT2D eigenvalue weighted by Crippen LogP contribution is -2.14. The summed E-state index contributed by atoms with van der Waals surface area (Å²) in [6, 6.07) is 1.93. The second-order valence-electron chi connectivity index (χ2n) is 5.35. The monoisotopic (exact) mass is 289 g/mol. The van der Waals surface area contributed by atoms with Gasteiger partial charge in [0.25, 0.3) is 0 Å². The fourth-order valence-corrected chi connectivity index (χ4v) is 2.04. The van der Waals surface area contributed by atoms with Crippen molar-refractivity contribution in [2.45, 2.75) is 39.7 Å². The number of aromatic nitrogens is 5. The van der Waals surface area contributed by atoms with Gasteiger partial charge < -0.3 is 15.2 Å². The lowest BCUT2D eigenvalue weighted by Gasteiger charge is -2.16. The third-order valence-electron chi connectivity index (χ3n) is 3.12. The minimum absolute atomic E-state index is 0.0156. The molecule has 2 heterocycles. The molecule has 2 aromatic heterocycles. The molecule has 0 aliphatic carbocycles. The van der Waals surface area contributed by atoms with Gasteiger partial charge in [0.2, 0.25) is 0 Å². The van der Waals surface area contributed by atoms with Gasteiger partial charge >= 0.3 is 0 Å². The molecular formula is C14H23N7. The lowest BCUT2D eigenvalue weighted by molar-refractivity contribution is 0.710. The van der Waals surface area contributed by atoms with Crippen molar-refractivity contribution in [3.05, 3.63) is 24.0 Å². The summed E-state index contributed by atoms with van der Waals surface area (Å²) in [4.78, 5) is 9.09. The molecule has 21 heavy (non-hydrogen) atoms. The molecular weight excluding hydrogens is 266 g/mol. The second-order valence-corrected chi connectivity index (χ2v) is 5.35. The highest BCUT2D eigenvalue weighted by molar-refractivity contribution is 5.48. The summed E-state index contributed by atoms with van der Waals surface area (Å²) in [5, 5.41) is 14.6. The average Bonchev–Trinajstić information content (AvgIpc) is 2.85. The van der Waals surface area contributed by atoms with E-state index < -0.39 is 0 Å². The highest BCUT2D eigenvalue weighted by Crippen LogP contribution is 2.20. The summed E-state index contributed by atoms with van der Waals surface area (Å²) in [5.74, 6) is 3.59. The van der Waals surface area contributed by atoms with Crippen LogP contribution in [0.25, 0.3) is 0 Å². The van der Waals surface area contributed by atoms with E-state index in [1.807, 2.05) is 31.5 Å². The van der Waals surface area contributed by atoms with Crippen LogP contribution in [0.1, 0.15) is 51.3 Å². The average molecular weight is 289 g/mol. The number of hydrogen-bond acceptors (Lipinski definition) is 6. The molecule has 0 amide bonds. The molecule has 7 heteroatoms. The molecule has 2 N–H and O–H groups in total. The first kappa shape index (κ1) is 15.2. The van der Waals surface area contributed by atoms with Crippen molar-refractivity contribution in [3.63, 3.8) is 0 Å². The molecule has 0 radical (unpaired) electrons. The minimum atomic E-state index is 0.0156. The van der Waals surface area contributed by atoms with Crippen LogP contribution in [0.3, 0.4) is 0 Å². The molecule has 2 aromatic rings. The first-order valence-corrected chi connectivity index (χ1v) is 7.24. The van der Waals surface area contributed by atoms with E-state index in [4.69, 9.17) is 0 Å². The molecule has 1 atom stereocenters. The second kappa shape index (κ2) is 6.51. The standard InChI is InChI=1S/C14H23N7/c1-6-15-11-7-12(19-13(18-11)9(2)3)17-10(4)14-20-16-8-21(14)5/h7-10H,6H2,1-5H3,(H2,15,17,18,19). The number of aryl methyl sites for hydroxylation is 1. The largest absolute Gasteiger partial charge is 0.370 e. The van der Waals surface area contributed by atoms with Crippen molar-refractivity contribution < 1.29 is 0 Å². The van der Waals surface area contributed by atoms with Gasteiger partial charge in [-0.15, -0.1) is 10.2 Å². The Morgan fingerprint density at radius 2 is 1.90 bits per heavy atom. The van der Waals surface area contributed by atoms with Gasteiger partial charge in [0.05, 0.1) is 6.04 Å². The van der Waals surface area contributed by atoms with Crippen molar-refractivity contribution in [2.75, 3.05) is 17.2 Å². The minimum Gasteiger partial charge on any atom is -0.370 e. The van der Waals surface area contributed by atoms with Gasteiger partial charge in [-0.05, 0) is 13.8 Å². The Hall–Kier alpha value is -2.18. The van der Waals surface area contributed by atoms with E-state index in [1.54, 1.807) is 6.33 Å². The number of anilines is 2. The van der Waals surface area contributed by atoms with Crippen LogP contribution in [0.5, 0.6) is 0 Å². The van der Waals surface area contributed by atoms with E-state index >= 15 is 0 Å². The van der Waals surface area contributed by atoms with Crippen molar-refractivity contribution in [2.24, 2.45) is 7.05 Å². The zero-order chi connectivity index (χ0) is 15.4. The third-order valence-corrected chi connectivity index (χ3v) is 3.12. The molecule has 0 spiro atoms. The van der Waals surface area contributed by atoms with Gasteiger partial charge in [-0.2, -0.15) is 0 Å². The normalized spacial score (nSPS) is 12.5. The molecule has 0 aliphatic rings. The zero-order valence-electron chi connectivity index (χ0n) is 13.3. The van der Waals surface area contributed by atoms with Crippen LogP contribution in [0.4, 0.5) is 11.6 Å². The van der Waals surface area contributed by atoms with E-state index in [-0.39, 0.29) is 12.0 Å². The maximum absolute atomic E-state index is 4.58. The van der Waals surface area contributed by atoms with E-state index in [0.29, 0.717) is 0 Å². The smallest absolute Gasteiger partial charge is 0.154 e. The van der Waals surface area contributed by atoms with Gasteiger partial charge in [0.1, 0.15) is 23.8 Å². The summed E-state index contributed by atoms with van der Waals surface area (Å²) in [6.07, 6.45) is 1.69. The first-order chi connectivity index (χ1) is 10.0. The molecule has 2 rings (SSSR count). The predicted octanol–water partition coefficient (Wildman–Crippen LogP) is 2.33.